The molecule has 0 unspecified atom stereocenters. The number of rotatable bonds is 6. The van der Waals surface area contributed by atoms with Crippen LogP contribution >= 0.6 is 15.9 Å². The van der Waals surface area contributed by atoms with Crippen LogP contribution < -0.4 is 5.32 Å². The van der Waals surface area contributed by atoms with E-state index in [1.807, 2.05) is 0 Å². The van der Waals surface area contributed by atoms with Gasteiger partial charge in [-0.3, -0.25) is 14.8 Å². The van der Waals surface area contributed by atoms with E-state index in [4.69, 9.17) is 0 Å². The van der Waals surface area contributed by atoms with Crippen LogP contribution in [0, 0.1) is 0 Å². The van der Waals surface area contributed by atoms with E-state index in [9.17, 15) is 9.90 Å². The minimum absolute atomic E-state index is 0.137. The van der Waals surface area contributed by atoms with Gasteiger partial charge in [0.05, 0.1) is 16.3 Å². The third-order valence-corrected chi connectivity index (χ3v) is 6.18. The molecule has 2 heterocycles. The molecule has 4 rings (SSSR count). The molecular formula is C20H25BrN4O2. The van der Waals surface area contributed by atoms with E-state index in [0.717, 1.165) is 61.0 Å². The predicted molar refractivity (Wildman–Crippen MR) is 106 cm³/mol. The Balaban J connectivity index is 1.29. The van der Waals surface area contributed by atoms with Gasteiger partial charge < -0.3 is 10.4 Å². The molecule has 1 aromatic heterocycles. The molecule has 1 aliphatic carbocycles. The zero-order valence-corrected chi connectivity index (χ0v) is 16.8. The Morgan fingerprint density at radius 2 is 1.85 bits per heavy atom. The lowest BCUT2D eigenvalue weighted by Crippen LogP contribution is -2.35. The SMILES string of the molecule is O=C(NCc1ccc(CN2CCC(O)CC2)cc1)c1n[nH]c(C2CC2)c1Br. The Hall–Kier alpha value is -1.70. The molecule has 2 aliphatic rings. The Kier molecular flexibility index (Phi) is 5.61. The first kappa shape index (κ1) is 18.7. The van der Waals surface area contributed by atoms with Crippen molar-refractivity contribution in [1.82, 2.24) is 20.4 Å². The van der Waals surface area contributed by atoms with E-state index >= 15 is 0 Å². The maximum absolute atomic E-state index is 12.4. The number of aliphatic hydroxyl groups is 1. The minimum Gasteiger partial charge on any atom is -0.393 e. The zero-order valence-electron chi connectivity index (χ0n) is 15.2. The fourth-order valence-electron chi connectivity index (χ4n) is 3.50. The van der Waals surface area contributed by atoms with Crippen molar-refractivity contribution in [3.05, 3.63) is 51.3 Å². The molecule has 6 nitrogen and oxygen atoms in total. The normalized spacial score (nSPS) is 18.6. The average Bonchev–Trinajstić information content (AvgIpc) is 3.45. The molecule has 0 spiro atoms. The predicted octanol–water partition coefficient (Wildman–Crippen LogP) is 2.94. The van der Waals surface area contributed by atoms with Crippen LogP contribution in [-0.4, -0.2) is 45.3 Å². The summed E-state index contributed by atoms with van der Waals surface area (Å²) < 4.78 is 0.796. The maximum Gasteiger partial charge on any atom is 0.273 e. The van der Waals surface area contributed by atoms with Crippen molar-refractivity contribution >= 4 is 21.8 Å². The van der Waals surface area contributed by atoms with Gasteiger partial charge >= 0.3 is 0 Å². The number of hydrogen-bond acceptors (Lipinski definition) is 4. The topological polar surface area (TPSA) is 81.2 Å². The Morgan fingerprint density at radius 3 is 2.52 bits per heavy atom. The molecule has 0 atom stereocenters. The van der Waals surface area contributed by atoms with Gasteiger partial charge in [0, 0.05) is 32.1 Å². The average molecular weight is 433 g/mol. The largest absolute Gasteiger partial charge is 0.393 e. The summed E-state index contributed by atoms with van der Waals surface area (Å²) in [5, 5.41) is 19.7. The third kappa shape index (κ3) is 4.59. The highest BCUT2D eigenvalue weighted by Gasteiger charge is 2.30. The summed E-state index contributed by atoms with van der Waals surface area (Å²) in [6.07, 6.45) is 3.89. The number of aliphatic hydroxyl groups excluding tert-OH is 1. The number of amides is 1. The van der Waals surface area contributed by atoms with Crippen LogP contribution in [0.1, 0.15) is 58.9 Å². The van der Waals surface area contributed by atoms with Gasteiger partial charge in [0.2, 0.25) is 0 Å². The fourth-order valence-corrected chi connectivity index (χ4v) is 4.18. The highest BCUT2D eigenvalue weighted by molar-refractivity contribution is 9.10. The molecule has 7 heteroatoms. The van der Waals surface area contributed by atoms with Crippen LogP contribution in [-0.2, 0) is 13.1 Å². The van der Waals surface area contributed by atoms with Gasteiger partial charge in [-0.15, -0.1) is 0 Å². The van der Waals surface area contributed by atoms with Crippen molar-refractivity contribution in [3.63, 3.8) is 0 Å². The summed E-state index contributed by atoms with van der Waals surface area (Å²) in [4.78, 5) is 14.8. The smallest absolute Gasteiger partial charge is 0.273 e. The Morgan fingerprint density at radius 1 is 1.19 bits per heavy atom. The van der Waals surface area contributed by atoms with E-state index in [1.54, 1.807) is 0 Å². The number of aromatic amines is 1. The second-order valence-electron chi connectivity index (χ2n) is 7.58. The number of aromatic nitrogens is 2. The van der Waals surface area contributed by atoms with Crippen molar-refractivity contribution < 1.29 is 9.90 Å². The number of likely N-dealkylation sites (tertiary alicyclic amines) is 1. The summed E-state index contributed by atoms with van der Waals surface area (Å²) in [6, 6.07) is 8.34. The molecule has 1 saturated carbocycles. The van der Waals surface area contributed by atoms with Crippen molar-refractivity contribution in [2.45, 2.75) is 50.8 Å². The van der Waals surface area contributed by atoms with Gasteiger partial charge in [-0.2, -0.15) is 5.10 Å². The summed E-state index contributed by atoms with van der Waals surface area (Å²) in [5.41, 5.74) is 3.79. The van der Waals surface area contributed by atoms with Gasteiger partial charge in [0.25, 0.3) is 5.91 Å². The van der Waals surface area contributed by atoms with E-state index < -0.39 is 0 Å². The van der Waals surface area contributed by atoms with E-state index in [1.165, 1.54) is 5.56 Å². The first-order valence-corrected chi connectivity index (χ1v) is 10.4. The molecule has 2 aromatic rings. The van der Waals surface area contributed by atoms with Gasteiger partial charge in [-0.05, 0) is 52.7 Å². The third-order valence-electron chi connectivity index (χ3n) is 5.37. The van der Waals surface area contributed by atoms with E-state index in [-0.39, 0.29) is 12.0 Å². The number of carbonyl (C=O) groups excluding carboxylic acids is 1. The summed E-state index contributed by atoms with van der Waals surface area (Å²) in [6.45, 7) is 3.28. The molecule has 144 valence electrons. The Bertz CT molecular complexity index is 793. The molecular weight excluding hydrogens is 408 g/mol. The zero-order chi connectivity index (χ0) is 18.8. The van der Waals surface area contributed by atoms with Gasteiger partial charge in [-0.1, -0.05) is 24.3 Å². The number of carbonyl (C=O) groups is 1. The van der Waals surface area contributed by atoms with Gasteiger partial charge in [-0.25, -0.2) is 0 Å². The molecule has 0 radical (unpaired) electrons. The number of piperidine rings is 1. The molecule has 3 N–H and O–H groups in total. The molecule has 1 aromatic carbocycles. The van der Waals surface area contributed by atoms with Crippen LogP contribution in [0.5, 0.6) is 0 Å². The van der Waals surface area contributed by atoms with Gasteiger partial charge in [0.15, 0.2) is 5.69 Å². The van der Waals surface area contributed by atoms with Crippen LogP contribution in [0.15, 0.2) is 28.7 Å². The van der Waals surface area contributed by atoms with E-state index in [0.29, 0.717) is 18.2 Å². The first-order chi connectivity index (χ1) is 13.1. The van der Waals surface area contributed by atoms with Crippen molar-refractivity contribution in [2.24, 2.45) is 0 Å². The van der Waals surface area contributed by atoms with Crippen molar-refractivity contribution in [3.8, 4) is 0 Å². The highest BCUT2D eigenvalue weighted by Crippen LogP contribution is 2.42. The second kappa shape index (κ2) is 8.12. The molecule has 27 heavy (non-hydrogen) atoms. The lowest BCUT2D eigenvalue weighted by Gasteiger charge is -2.29. The number of benzene rings is 1. The van der Waals surface area contributed by atoms with Gasteiger partial charge in [0.1, 0.15) is 0 Å². The number of hydrogen-bond donors (Lipinski definition) is 3. The highest BCUT2D eigenvalue weighted by atomic mass is 79.9. The van der Waals surface area contributed by atoms with Crippen molar-refractivity contribution in [1.29, 1.82) is 0 Å². The maximum atomic E-state index is 12.4. The molecule has 1 aliphatic heterocycles. The fraction of sp³-hybridized carbons (Fsp3) is 0.500. The van der Waals surface area contributed by atoms with Crippen molar-refractivity contribution in [2.75, 3.05) is 13.1 Å². The summed E-state index contributed by atoms with van der Waals surface area (Å²) in [5.74, 6) is 0.352. The van der Waals surface area contributed by atoms with Crippen LogP contribution in [0.25, 0.3) is 0 Å². The monoisotopic (exact) mass is 432 g/mol. The summed E-state index contributed by atoms with van der Waals surface area (Å²) >= 11 is 3.50. The second-order valence-corrected chi connectivity index (χ2v) is 8.37. The molecule has 1 amide bonds. The number of H-pyrrole nitrogens is 1. The molecule has 0 bridgehead atoms. The molecule has 1 saturated heterocycles. The van der Waals surface area contributed by atoms with E-state index in [2.05, 4.69) is 60.6 Å². The lowest BCUT2D eigenvalue weighted by molar-refractivity contribution is 0.0792. The number of halogens is 1. The number of nitrogens with one attached hydrogen (secondary N) is 2. The van der Waals surface area contributed by atoms with Crippen LogP contribution in [0.4, 0.5) is 0 Å². The standard InChI is InChI=1S/C20H25BrN4O2/c21-17-18(15-5-6-15)23-24-19(17)20(27)22-11-13-1-3-14(4-2-13)12-25-9-7-16(26)8-10-25/h1-4,15-16,26H,5-12H2,(H,22,27)(H,23,24). The summed E-state index contributed by atoms with van der Waals surface area (Å²) in [7, 11) is 0. The quantitative estimate of drug-likeness (QED) is 0.655. The lowest BCUT2D eigenvalue weighted by atomic mass is 10.1. The minimum atomic E-state index is -0.166. The van der Waals surface area contributed by atoms with Crippen LogP contribution in [0.2, 0.25) is 0 Å². The van der Waals surface area contributed by atoms with Crippen LogP contribution in [0.3, 0.4) is 0 Å². The number of nitrogens with zero attached hydrogens (tertiary/aromatic N) is 2. The molecule has 2 fully saturated rings. The first-order valence-electron chi connectivity index (χ1n) is 9.60. The Labute approximate surface area is 167 Å².